The number of hydrogen-bond acceptors (Lipinski definition) is 2. The van der Waals surface area contributed by atoms with Crippen molar-refractivity contribution >= 4 is 33.3 Å². The standard InChI is InChI=1S/C17H19BrClNO/c1-3-20(2)11-16(12-5-4-6-14(19)9-12)15-8-7-13(18)10-17(15)21/h4-10,15-16H,3,11H2,1-2H3. The van der Waals surface area contributed by atoms with Crippen molar-refractivity contribution < 1.29 is 4.79 Å². The fraction of sp³-hybridized carbons (Fsp3) is 0.353. The van der Waals surface area contributed by atoms with Crippen LogP contribution in [0.25, 0.3) is 0 Å². The number of carbonyl (C=O) groups is 1. The molecule has 2 nitrogen and oxygen atoms in total. The summed E-state index contributed by atoms with van der Waals surface area (Å²) >= 11 is 9.48. The van der Waals surface area contributed by atoms with Crippen LogP contribution in [0.4, 0.5) is 0 Å². The van der Waals surface area contributed by atoms with Gasteiger partial charge in [-0.2, -0.15) is 0 Å². The first-order valence-electron chi connectivity index (χ1n) is 7.04. The zero-order valence-corrected chi connectivity index (χ0v) is 14.6. The Morgan fingerprint density at radius 3 is 2.81 bits per heavy atom. The zero-order valence-electron chi connectivity index (χ0n) is 12.2. The van der Waals surface area contributed by atoms with Gasteiger partial charge in [0, 0.05) is 27.9 Å². The molecule has 1 aliphatic rings. The SMILES string of the molecule is CCN(C)CC(c1cccc(Cl)c1)C1C=CC(Br)=CC1=O. The smallest absolute Gasteiger partial charge is 0.164 e. The molecule has 1 aliphatic carbocycles. The van der Waals surface area contributed by atoms with Crippen molar-refractivity contribution in [2.45, 2.75) is 12.8 Å². The minimum Gasteiger partial charge on any atom is -0.306 e. The molecule has 0 aromatic heterocycles. The number of halogens is 2. The fourth-order valence-corrected chi connectivity index (χ4v) is 3.11. The molecule has 2 rings (SSSR count). The third-order valence-corrected chi connectivity index (χ3v) is 4.56. The number of rotatable bonds is 5. The predicted octanol–water partition coefficient (Wildman–Crippen LogP) is 4.41. The summed E-state index contributed by atoms with van der Waals surface area (Å²) < 4.78 is 0.831. The number of hydrogen-bond donors (Lipinski definition) is 0. The maximum absolute atomic E-state index is 12.4. The summed E-state index contributed by atoms with van der Waals surface area (Å²) in [4.78, 5) is 14.6. The van der Waals surface area contributed by atoms with Crippen molar-refractivity contribution in [2.75, 3.05) is 20.1 Å². The molecular formula is C17H19BrClNO. The quantitative estimate of drug-likeness (QED) is 0.767. The molecule has 2 atom stereocenters. The first-order chi connectivity index (χ1) is 10.0. The summed E-state index contributed by atoms with van der Waals surface area (Å²) in [7, 11) is 2.07. The highest BCUT2D eigenvalue weighted by Gasteiger charge is 2.29. The first kappa shape index (κ1) is 16.5. The van der Waals surface area contributed by atoms with Crippen molar-refractivity contribution in [2.24, 2.45) is 5.92 Å². The van der Waals surface area contributed by atoms with E-state index in [1.807, 2.05) is 30.4 Å². The zero-order chi connectivity index (χ0) is 15.4. The molecule has 0 radical (unpaired) electrons. The van der Waals surface area contributed by atoms with Crippen molar-refractivity contribution in [1.29, 1.82) is 0 Å². The van der Waals surface area contributed by atoms with E-state index in [2.05, 4.69) is 40.9 Å². The molecule has 1 aromatic carbocycles. The summed E-state index contributed by atoms with van der Waals surface area (Å²) in [5.74, 6) is 0.104. The summed E-state index contributed by atoms with van der Waals surface area (Å²) in [6.07, 6.45) is 5.60. The number of likely N-dealkylation sites (N-methyl/N-ethyl adjacent to an activating group) is 1. The summed E-state index contributed by atoms with van der Waals surface area (Å²) in [5.41, 5.74) is 1.11. The van der Waals surface area contributed by atoms with E-state index < -0.39 is 0 Å². The summed E-state index contributed by atoms with van der Waals surface area (Å²) in [5, 5.41) is 0.709. The van der Waals surface area contributed by atoms with Gasteiger partial charge in [-0.15, -0.1) is 0 Å². The maximum atomic E-state index is 12.4. The van der Waals surface area contributed by atoms with Crippen molar-refractivity contribution in [1.82, 2.24) is 4.90 Å². The van der Waals surface area contributed by atoms with Gasteiger partial charge >= 0.3 is 0 Å². The van der Waals surface area contributed by atoms with Crippen LogP contribution in [0.1, 0.15) is 18.4 Å². The van der Waals surface area contributed by atoms with Gasteiger partial charge in [0.25, 0.3) is 0 Å². The van der Waals surface area contributed by atoms with Gasteiger partial charge in [0.05, 0.1) is 0 Å². The van der Waals surface area contributed by atoms with E-state index in [0.717, 1.165) is 23.1 Å². The highest BCUT2D eigenvalue weighted by atomic mass is 79.9. The third kappa shape index (κ3) is 4.29. The Kier molecular flexibility index (Phi) is 5.80. The topological polar surface area (TPSA) is 20.3 Å². The van der Waals surface area contributed by atoms with Gasteiger partial charge in [-0.3, -0.25) is 4.79 Å². The lowest BCUT2D eigenvalue weighted by atomic mass is 9.81. The molecule has 0 heterocycles. The van der Waals surface area contributed by atoms with Crippen LogP contribution < -0.4 is 0 Å². The van der Waals surface area contributed by atoms with E-state index in [9.17, 15) is 4.79 Å². The second-order valence-electron chi connectivity index (χ2n) is 5.33. The molecule has 0 bridgehead atoms. The average Bonchev–Trinajstić information content (AvgIpc) is 2.45. The van der Waals surface area contributed by atoms with Gasteiger partial charge in [-0.05, 0) is 37.4 Å². The molecule has 0 aliphatic heterocycles. The molecule has 112 valence electrons. The number of benzene rings is 1. The van der Waals surface area contributed by atoms with Crippen LogP contribution in [-0.4, -0.2) is 30.8 Å². The van der Waals surface area contributed by atoms with Gasteiger partial charge in [0.1, 0.15) is 0 Å². The molecule has 0 fully saturated rings. The van der Waals surface area contributed by atoms with E-state index in [1.165, 1.54) is 0 Å². The number of ketones is 1. The van der Waals surface area contributed by atoms with Gasteiger partial charge in [0.2, 0.25) is 0 Å². The van der Waals surface area contributed by atoms with Crippen molar-refractivity contribution in [3.63, 3.8) is 0 Å². The Morgan fingerprint density at radius 1 is 1.43 bits per heavy atom. The molecule has 1 aromatic rings. The van der Waals surface area contributed by atoms with Crippen LogP contribution in [-0.2, 0) is 4.79 Å². The minimum atomic E-state index is -0.140. The van der Waals surface area contributed by atoms with E-state index in [4.69, 9.17) is 11.6 Å². The Morgan fingerprint density at radius 2 is 2.19 bits per heavy atom. The van der Waals surface area contributed by atoms with Crippen molar-refractivity contribution in [3.8, 4) is 0 Å². The van der Waals surface area contributed by atoms with Gasteiger partial charge in [-0.1, -0.05) is 58.7 Å². The lowest BCUT2D eigenvalue weighted by Crippen LogP contribution is -2.31. The first-order valence-corrected chi connectivity index (χ1v) is 8.21. The lowest BCUT2D eigenvalue weighted by molar-refractivity contribution is -0.117. The molecular weight excluding hydrogens is 350 g/mol. The van der Waals surface area contributed by atoms with Crippen LogP contribution in [0.2, 0.25) is 5.02 Å². The monoisotopic (exact) mass is 367 g/mol. The summed E-state index contributed by atoms with van der Waals surface area (Å²) in [6, 6.07) is 7.82. The number of carbonyl (C=O) groups excluding carboxylic acids is 1. The Bertz CT molecular complexity index is 582. The Labute approximate surface area is 139 Å². The fourth-order valence-electron chi connectivity index (χ4n) is 2.53. The highest BCUT2D eigenvalue weighted by Crippen LogP contribution is 2.32. The molecule has 4 heteroatoms. The second-order valence-corrected chi connectivity index (χ2v) is 6.68. The molecule has 0 saturated carbocycles. The van der Waals surface area contributed by atoms with Crippen LogP contribution in [0.3, 0.4) is 0 Å². The summed E-state index contributed by atoms with van der Waals surface area (Å²) in [6.45, 7) is 3.88. The molecule has 0 amide bonds. The van der Waals surface area contributed by atoms with Crippen LogP contribution >= 0.6 is 27.5 Å². The van der Waals surface area contributed by atoms with Crippen LogP contribution in [0.15, 0.2) is 47.0 Å². The highest BCUT2D eigenvalue weighted by molar-refractivity contribution is 9.11. The molecule has 0 N–H and O–H groups in total. The number of allylic oxidation sites excluding steroid dienone is 4. The third-order valence-electron chi connectivity index (χ3n) is 3.83. The van der Waals surface area contributed by atoms with E-state index >= 15 is 0 Å². The minimum absolute atomic E-state index is 0.106. The maximum Gasteiger partial charge on any atom is 0.164 e. The molecule has 0 spiro atoms. The predicted molar refractivity (Wildman–Crippen MR) is 92.0 cm³/mol. The Hall–Kier alpha value is -0.900. The lowest BCUT2D eigenvalue weighted by Gasteiger charge is -2.29. The van der Waals surface area contributed by atoms with Crippen molar-refractivity contribution in [3.05, 3.63) is 57.6 Å². The average molecular weight is 369 g/mol. The normalized spacial score (nSPS) is 19.8. The van der Waals surface area contributed by atoms with Gasteiger partial charge in [-0.25, -0.2) is 0 Å². The molecule has 2 unspecified atom stereocenters. The van der Waals surface area contributed by atoms with E-state index in [0.29, 0.717) is 5.02 Å². The van der Waals surface area contributed by atoms with Crippen LogP contribution in [0, 0.1) is 5.92 Å². The van der Waals surface area contributed by atoms with E-state index in [-0.39, 0.29) is 17.6 Å². The largest absolute Gasteiger partial charge is 0.306 e. The van der Waals surface area contributed by atoms with E-state index in [1.54, 1.807) is 6.08 Å². The Balaban J connectivity index is 2.33. The van der Waals surface area contributed by atoms with Gasteiger partial charge in [0.15, 0.2) is 5.78 Å². The van der Waals surface area contributed by atoms with Gasteiger partial charge < -0.3 is 4.90 Å². The molecule has 21 heavy (non-hydrogen) atoms. The number of nitrogens with zero attached hydrogens (tertiary/aromatic N) is 1. The second kappa shape index (κ2) is 7.39. The van der Waals surface area contributed by atoms with Crippen LogP contribution in [0.5, 0.6) is 0 Å². The molecule has 0 saturated heterocycles.